The molecule has 4 aliphatic rings. The Kier molecular flexibility index (Phi) is 4.06. The maximum atomic E-state index is 11.3. The summed E-state index contributed by atoms with van der Waals surface area (Å²) in [5.74, 6) is 0.360. The average Bonchev–Trinajstić information content (AvgIpc) is 3.23. The van der Waals surface area contributed by atoms with Crippen molar-refractivity contribution in [1.29, 1.82) is 0 Å². The molecule has 0 aromatic carbocycles. The fraction of sp³-hybridized carbons (Fsp3) is 0.850. The number of hydrogen-bond donors (Lipinski definition) is 2. The molecular weight excluding hydrogens is 320 g/mol. The third-order valence-electron chi connectivity index (χ3n) is 8.10. The maximum Gasteiger partial charge on any atom is 0.331 e. The maximum absolute atomic E-state index is 11.3. The van der Waals surface area contributed by atoms with Crippen molar-refractivity contribution in [2.24, 2.45) is 22.7 Å². The summed E-state index contributed by atoms with van der Waals surface area (Å²) in [6, 6.07) is 0. The number of carbonyl (C=O) groups excluding carboxylic acids is 1. The number of hydrogen-bond acceptors (Lipinski definition) is 5. The summed E-state index contributed by atoms with van der Waals surface area (Å²) in [5, 5.41) is 21.5. The van der Waals surface area contributed by atoms with E-state index in [1.807, 2.05) is 0 Å². The lowest BCUT2D eigenvalue weighted by Crippen LogP contribution is -2.66. The van der Waals surface area contributed by atoms with Gasteiger partial charge in [0.15, 0.2) is 0 Å². The number of carbonyl (C=O) groups is 1. The molecule has 1 saturated heterocycles. The summed E-state index contributed by atoms with van der Waals surface area (Å²) in [5.41, 5.74) is 0.209. The normalized spacial score (nSPS) is 48.9. The zero-order valence-electron chi connectivity index (χ0n) is 15.3. The van der Waals surface area contributed by atoms with Crippen LogP contribution >= 0.6 is 0 Å². The topological polar surface area (TPSA) is 79.3 Å². The van der Waals surface area contributed by atoms with Crippen LogP contribution in [-0.2, 0) is 14.3 Å². The van der Waals surface area contributed by atoms with Gasteiger partial charge in [0, 0.05) is 6.08 Å². The number of esters is 1. The second kappa shape index (κ2) is 5.80. The Labute approximate surface area is 149 Å². The molecule has 0 bridgehead atoms. The first-order valence-corrected chi connectivity index (χ1v) is 9.67. The summed E-state index contributed by atoms with van der Waals surface area (Å²) in [6.45, 7) is 5.61. The van der Waals surface area contributed by atoms with Gasteiger partial charge in [-0.3, -0.25) is 0 Å². The van der Waals surface area contributed by atoms with Gasteiger partial charge in [-0.05, 0) is 54.9 Å². The molecule has 2 saturated carbocycles. The van der Waals surface area contributed by atoms with E-state index < -0.39 is 11.5 Å². The Morgan fingerprint density at radius 3 is 2.76 bits per heavy atom. The zero-order chi connectivity index (χ0) is 17.9. The van der Waals surface area contributed by atoms with Crippen LogP contribution in [0.4, 0.5) is 0 Å². The first-order chi connectivity index (χ1) is 11.9. The molecule has 0 amide bonds. The van der Waals surface area contributed by atoms with Crippen molar-refractivity contribution in [2.75, 3.05) is 19.8 Å². The molecule has 2 N–H and O–H groups in total. The molecule has 6 atom stereocenters. The van der Waals surface area contributed by atoms with Gasteiger partial charge < -0.3 is 19.7 Å². The Morgan fingerprint density at radius 1 is 1.40 bits per heavy atom. The molecule has 2 aliphatic carbocycles. The molecule has 2 aliphatic heterocycles. The van der Waals surface area contributed by atoms with Gasteiger partial charge in [-0.2, -0.15) is 0 Å². The van der Waals surface area contributed by atoms with E-state index >= 15 is 0 Å². The van der Waals surface area contributed by atoms with Gasteiger partial charge in [0.05, 0.1) is 24.7 Å². The van der Waals surface area contributed by atoms with Crippen LogP contribution in [0.2, 0.25) is 0 Å². The van der Waals surface area contributed by atoms with Crippen LogP contribution in [0, 0.1) is 22.7 Å². The highest BCUT2D eigenvalue weighted by atomic mass is 16.6. The standard InChI is InChI=1S/C20H30O5/c1-13-8-16(22)20(11-21)15(4-3-6-19(20)12-25-19)18(13,2)7-5-14-9-17(23)24-10-14/h9,13,15-16,21-22H,3-8,10-12H2,1-2H3/t13-,15-,16+,18+,19+,20+/m1/s1. The predicted octanol–water partition coefficient (Wildman–Crippen LogP) is 2.20. The van der Waals surface area contributed by atoms with Crippen molar-refractivity contribution in [3.05, 3.63) is 11.6 Å². The minimum Gasteiger partial charge on any atom is -0.458 e. The first-order valence-electron chi connectivity index (χ1n) is 9.67. The molecule has 0 unspecified atom stereocenters. The van der Waals surface area contributed by atoms with Crippen LogP contribution in [-0.4, -0.2) is 47.7 Å². The number of aliphatic hydroxyl groups excluding tert-OH is 2. The van der Waals surface area contributed by atoms with E-state index in [2.05, 4.69) is 13.8 Å². The Balaban J connectivity index is 1.64. The fourth-order valence-corrected chi connectivity index (χ4v) is 6.28. The van der Waals surface area contributed by atoms with Gasteiger partial charge in [-0.15, -0.1) is 0 Å². The van der Waals surface area contributed by atoms with Crippen LogP contribution in [0.15, 0.2) is 11.6 Å². The second-order valence-electron chi connectivity index (χ2n) is 8.99. The molecule has 4 rings (SSSR count). The first kappa shape index (κ1) is 17.5. The summed E-state index contributed by atoms with van der Waals surface area (Å²) < 4.78 is 10.9. The number of rotatable bonds is 4. The van der Waals surface area contributed by atoms with Crippen LogP contribution in [0.25, 0.3) is 0 Å². The number of epoxide rings is 1. The van der Waals surface area contributed by atoms with Crippen LogP contribution < -0.4 is 0 Å². The molecule has 5 heteroatoms. The highest BCUT2D eigenvalue weighted by Crippen LogP contribution is 2.68. The number of cyclic esters (lactones) is 1. The van der Waals surface area contributed by atoms with Gasteiger partial charge in [-0.25, -0.2) is 4.79 Å². The third-order valence-corrected chi connectivity index (χ3v) is 8.10. The highest BCUT2D eigenvalue weighted by molar-refractivity contribution is 5.85. The van der Waals surface area contributed by atoms with E-state index in [1.165, 1.54) is 0 Å². The lowest BCUT2D eigenvalue weighted by Gasteiger charge is -2.62. The van der Waals surface area contributed by atoms with Crippen LogP contribution in [0.1, 0.15) is 52.4 Å². The number of fused-ring (bicyclic) bond motifs is 2. The SMILES string of the molecule is C[C@@H]1C[C@H](O)[C@]2(CO)[C@H](CCC[C@]23CO3)[C@@]1(C)CCC1=CC(=O)OC1. The minimum absolute atomic E-state index is 0.00775. The molecule has 5 nitrogen and oxygen atoms in total. The van der Waals surface area contributed by atoms with Gasteiger partial charge in [-0.1, -0.05) is 20.3 Å². The Hall–Kier alpha value is -0.910. The van der Waals surface area contributed by atoms with Crippen molar-refractivity contribution < 1.29 is 24.5 Å². The predicted molar refractivity (Wildman–Crippen MR) is 91.7 cm³/mol. The zero-order valence-corrected chi connectivity index (χ0v) is 15.3. The van der Waals surface area contributed by atoms with E-state index in [4.69, 9.17) is 9.47 Å². The van der Waals surface area contributed by atoms with Gasteiger partial charge in [0.2, 0.25) is 0 Å². The van der Waals surface area contributed by atoms with Crippen LogP contribution in [0.3, 0.4) is 0 Å². The lowest BCUT2D eigenvalue weighted by molar-refractivity contribution is -0.211. The smallest absolute Gasteiger partial charge is 0.331 e. The minimum atomic E-state index is -0.539. The average molecular weight is 350 g/mol. The van der Waals surface area contributed by atoms with Gasteiger partial charge in [0.25, 0.3) is 0 Å². The molecule has 0 aromatic heterocycles. The van der Waals surface area contributed by atoms with Crippen molar-refractivity contribution in [3.8, 4) is 0 Å². The summed E-state index contributed by atoms with van der Waals surface area (Å²) >= 11 is 0. The summed E-state index contributed by atoms with van der Waals surface area (Å²) in [7, 11) is 0. The molecule has 25 heavy (non-hydrogen) atoms. The molecule has 0 aromatic rings. The molecule has 1 spiro atoms. The monoisotopic (exact) mass is 350 g/mol. The number of aliphatic hydroxyl groups is 2. The second-order valence-corrected chi connectivity index (χ2v) is 8.99. The van der Waals surface area contributed by atoms with Crippen LogP contribution in [0.5, 0.6) is 0 Å². The van der Waals surface area contributed by atoms with Crippen molar-refractivity contribution in [3.63, 3.8) is 0 Å². The third kappa shape index (κ3) is 2.35. The van der Waals surface area contributed by atoms with Crippen molar-refractivity contribution in [1.82, 2.24) is 0 Å². The highest BCUT2D eigenvalue weighted by Gasteiger charge is 2.72. The summed E-state index contributed by atoms with van der Waals surface area (Å²) in [6.07, 6.45) is 6.66. The summed E-state index contributed by atoms with van der Waals surface area (Å²) in [4.78, 5) is 11.3. The fourth-order valence-electron chi connectivity index (χ4n) is 6.28. The van der Waals surface area contributed by atoms with E-state index in [0.717, 1.165) is 37.7 Å². The molecule has 2 heterocycles. The van der Waals surface area contributed by atoms with E-state index in [0.29, 0.717) is 25.6 Å². The Morgan fingerprint density at radius 2 is 2.16 bits per heavy atom. The largest absolute Gasteiger partial charge is 0.458 e. The van der Waals surface area contributed by atoms with Crippen molar-refractivity contribution >= 4 is 5.97 Å². The Bertz CT molecular complexity index is 595. The van der Waals surface area contributed by atoms with E-state index in [1.54, 1.807) is 6.08 Å². The quantitative estimate of drug-likeness (QED) is 0.600. The van der Waals surface area contributed by atoms with E-state index in [-0.39, 0.29) is 29.5 Å². The van der Waals surface area contributed by atoms with Gasteiger partial charge in [0.1, 0.15) is 12.2 Å². The molecule has 140 valence electrons. The van der Waals surface area contributed by atoms with Gasteiger partial charge >= 0.3 is 5.97 Å². The molecular formula is C20H30O5. The van der Waals surface area contributed by atoms with Crippen molar-refractivity contribution in [2.45, 2.75) is 64.1 Å². The number of ether oxygens (including phenoxy) is 2. The molecule has 3 fully saturated rings. The lowest BCUT2D eigenvalue weighted by atomic mass is 9.43. The molecule has 0 radical (unpaired) electrons. The van der Waals surface area contributed by atoms with E-state index in [9.17, 15) is 15.0 Å².